The molecular weight excluding hydrogens is 336 g/mol. The number of rotatable bonds is 6. The Kier molecular flexibility index (Phi) is 5.01. The number of hydrogen-bond donors (Lipinski definition) is 0. The van der Waals surface area contributed by atoms with Crippen LogP contribution < -0.4 is 11.2 Å². The van der Waals surface area contributed by atoms with Crippen LogP contribution in [-0.4, -0.2) is 31.3 Å². The molecule has 0 radical (unpaired) electrons. The maximum atomic E-state index is 12.3. The SMILES string of the molecule is Cn1c(=O)c2c(ncn2CCOC(=O)CCc2ccccc2)n(C)c1=O. The number of nitrogens with zero attached hydrogens (tertiary/aromatic N) is 4. The molecule has 0 fully saturated rings. The Morgan fingerprint density at radius 2 is 1.85 bits per heavy atom. The van der Waals surface area contributed by atoms with Crippen molar-refractivity contribution < 1.29 is 9.53 Å². The maximum absolute atomic E-state index is 12.3. The standard InChI is InChI=1S/C18H20N4O4/c1-20-16-15(17(24)21(2)18(20)25)22(12-19-16)10-11-26-14(23)9-8-13-6-4-3-5-7-13/h3-7,12H,8-11H2,1-2H3. The third-order valence-electron chi connectivity index (χ3n) is 4.27. The van der Waals surface area contributed by atoms with Crippen molar-refractivity contribution in [1.82, 2.24) is 18.7 Å². The van der Waals surface area contributed by atoms with Crippen LogP contribution in [0.5, 0.6) is 0 Å². The van der Waals surface area contributed by atoms with Crippen molar-refractivity contribution in [1.29, 1.82) is 0 Å². The largest absolute Gasteiger partial charge is 0.464 e. The van der Waals surface area contributed by atoms with E-state index in [2.05, 4.69) is 4.98 Å². The van der Waals surface area contributed by atoms with Crippen LogP contribution in [-0.2, 0) is 36.6 Å². The Morgan fingerprint density at radius 1 is 1.12 bits per heavy atom. The fourth-order valence-corrected chi connectivity index (χ4v) is 2.79. The molecule has 0 unspecified atom stereocenters. The van der Waals surface area contributed by atoms with E-state index in [0.717, 1.165) is 10.1 Å². The lowest BCUT2D eigenvalue weighted by atomic mass is 10.1. The van der Waals surface area contributed by atoms with Gasteiger partial charge in [0, 0.05) is 20.5 Å². The van der Waals surface area contributed by atoms with Crippen LogP contribution >= 0.6 is 0 Å². The smallest absolute Gasteiger partial charge is 0.332 e. The predicted octanol–water partition coefficient (Wildman–Crippen LogP) is 0.610. The molecule has 8 nitrogen and oxygen atoms in total. The zero-order valence-corrected chi connectivity index (χ0v) is 14.7. The van der Waals surface area contributed by atoms with Gasteiger partial charge in [-0.1, -0.05) is 30.3 Å². The number of hydrogen-bond acceptors (Lipinski definition) is 5. The molecule has 136 valence electrons. The van der Waals surface area contributed by atoms with Crippen molar-refractivity contribution in [2.75, 3.05) is 6.61 Å². The Balaban J connectivity index is 1.63. The summed E-state index contributed by atoms with van der Waals surface area (Å²) in [6.07, 6.45) is 2.39. The summed E-state index contributed by atoms with van der Waals surface area (Å²) in [4.78, 5) is 40.2. The number of benzene rings is 1. The highest BCUT2D eigenvalue weighted by Crippen LogP contribution is 2.06. The van der Waals surface area contributed by atoms with E-state index in [0.29, 0.717) is 30.6 Å². The van der Waals surface area contributed by atoms with Gasteiger partial charge >= 0.3 is 11.7 Å². The number of fused-ring (bicyclic) bond motifs is 1. The zero-order chi connectivity index (χ0) is 18.7. The Labute approximate surface area is 149 Å². The van der Waals surface area contributed by atoms with Crippen molar-refractivity contribution in [3.63, 3.8) is 0 Å². The number of aryl methyl sites for hydroxylation is 2. The van der Waals surface area contributed by atoms with E-state index in [1.807, 2.05) is 30.3 Å². The van der Waals surface area contributed by atoms with Gasteiger partial charge in [-0.15, -0.1) is 0 Å². The number of aromatic nitrogens is 4. The molecule has 0 aliphatic carbocycles. The van der Waals surface area contributed by atoms with Crippen molar-refractivity contribution in [3.8, 4) is 0 Å². The van der Waals surface area contributed by atoms with Crippen LogP contribution in [0.1, 0.15) is 12.0 Å². The summed E-state index contributed by atoms with van der Waals surface area (Å²) in [5.41, 5.74) is 0.856. The minimum atomic E-state index is -0.430. The molecule has 0 amide bonds. The van der Waals surface area contributed by atoms with Crippen LogP contribution in [0.2, 0.25) is 0 Å². The Bertz CT molecular complexity index is 1050. The molecule has 0 saturated carbocycles. The molecule has 0 atom stereocenters. The third-order valence-corrected chi connectivity index (χ3v) is 4.27. The zero-order valence-electron chi connectivity index (χ0n) is 14.7. The first-order valence-corrected chi connectivity index (χ1v) is 8.29. The van der Waals surface area contributed by atoms with Crippen LogP contribution in [0.15, 0.2) is 46.2 Å². The molecule has 0 aliphatic heterocycles. The van der Waals surface area contributed by atoms with E-state index in [-0.39, 0.29) is 12.6 Å². The monoisotopic (exact) mass is 356 g/mol. The summed E-state index contributed by atoms with van der Waals surface area (Å²) in [6, 6.07) is 9.71. The molecule has 0 spiro atoms. The van der Waals surface area contributed by atoms with Gasteiger partial charge in [0.1, 0.15) is 6.61 Å². The second-order valence-electron chi connectivity index (χ2n) is 6.02. The van der Waals surface area contributed by atoms with E-state index < -0.39 is 11.2 Å². The van der Waals surface area contributed by atoms with E-state index in [1.165, 1.54) is 17.9 Å². The molecule has 0 bridgehead atoms. The van der Waals surface area contributed by atoms with Crippen molar-refractivity contribution in [2.45, 2.75) is 19.4 Å². The summed E-state index contributed by atoms with van der Waals surface area (Å²) >= 11 is 0. The van der Waals surface area contributed by atoms with Crippen molar-refractivity contribution in [2.24, 2.45) is 14.1 Å². The molecule has 3 aromatic rings. The topological polar surface area (TPSA) is 88.1 Å². The first kappa shape index (κ1) is 17.7. The predicted molar refractivity (Wildman–Crippen MR) is 95.9 cm³/mol. The number of carbonyl (C=O) groups excluding carboxylic acids is 1. The molecular formula is C18H20N4O4. The summed E-state index contributed by atoms with van der Waals surface area (Å²) in [5.74, 6) is -0.293. The molecule has 0 saturated heterocycles. The van der Waals surface area contributed by atoms with Crippen molar-refractivity contribution >= 4 is 17.1 Å². The van der Waals surface area contributed by atoms with E-state index in [1.54, 1.807) is 11.6 Å². The first-order chi connectivity index (χ1) is 12.5. The molecule has 3 rings (SSSR count). The summed E-state index contributed by atoms with van der Waals surface area (Å²) in [5, 5.41) is 0. The number of ether oxygens (including phenoxy) is 1. The average molecular weight is 356 g/mol. The van der Waals surface area contributed by atoms with Gasteiger partial charge in [0.25, 0.3) is 5.56 Å². The summed E-state index contributed by atoms with van der Waals surface area (Å²) < 4.78 is 9.20. The number of carbonyl (C=O) groups is 1. The van der Waals surface area contributed by atoms with Gasteiger partial charge in [0.2, 0.25) is 0 Å². The van der Waals surface area contributed by atoms with Crippen LogP contribution in [0.25, 0.3) is 11.2 Å². The minimum Gasteiger partial charge on any atom is -0.464 e. The fraction of sp³-hybridized carbons (Fsp3) is 0.333. The van der Waals surface area contributed by atoms with Crippen LogP contribution in [0.4, 0.5) is 0 Å². The van der Waals surface area contributed by atoms with Gasteiger partial charge in [-0.25, -0.2) is 9.78 Å². The van der Waals surface area contributed by atoms with Gasteiger partial charge in [-0.3, -0.25) is 18.7 Å². The first-order valence-electron chi connectivity index (χ1n) is 8.29. The van der Waals surface area contributed by atoms with E-state index >= 15 is 0 Å². The highest BCUT2D eigenvalue weighted by atomic mass is 16.5. The fourth-order valence-electron chi connectivity index (χ4n) is 2.79. The Morgan fingerprint density at radius 3 is 2.58 bits per heavy atom. The van der Waals surface area contributed by atoms with Gasteiger partial charge in [-0.2, -0.15) is 0 Å². The lowest BCUT2D eigenvalue weighted by Gasteiger charge is -2.08. The highest BCUT2D eigenvalue weighted by Gasteiger charge is 2.14. The van der Waals surface area contributed by atoms with Gasteiger partial charge in [-0.05, 0) is 12.0 Å². The average Bonchev–Trinajstić information content (AvgIpc) is 3.08. The van der Waals surface area contributed by atoms with Gasteiger partial charge in [0.05, 0.1) is 12.9 Å². The molecule has 8 heteroatoms. The molecule has 26 heavy (non-hydrogen) atoms. The molecule has 2 aromatic heterocycles. The van der Waals surface area contributed by atoms with Crippen LogP contribution in [0, 0.1) is 0 Å². The summed E-state index contributed by atoms with van der Waals surface area (Å²) in [7, 11) is 2.98. The van der Waals surface area contributed by atoms with E-state index in [9.17, 15) is 14.4 Å². The normalized spacial score (nSPS) is 11.0. The third kappa shape index (κ3) is 3.44. The number of imidazole rings is 1. The van der Waals surface area contributed by atoms with Crippen LogP contribution in [0.3, 0.4) is 0 Å². The molecule has 0 N–H and O–H groups in total. The quantitative estimate of drug-likeness (QED) is 0.604. The highest BCUT2D eigenvalue weighted by molar-refractivity contribution is 5.70. The maximum Gasteiger partial charge on any atom is 0.332 e. The van der Waals surface area contributed by atoms with Gasteiger partial charge in [0.15, 0.2) is 11.2 Å². The Hall–Kier alpha value is -3.16. The molecule has 2 heterocycles. The molecule has 0 aliphatic rings. The van der Waals surface area contributed by atoms with Gasteiger partial charge < -0.3 is 9.30 Å². The lowest BCUT2D eigenvalue weighted by molar-refractivity contribution is -0.143. The second kappa shape index (κ2) is 7.38. The van der Waals surface area contributed by atoms with E-state index in [4.69, 9.17) is 4.74 Å². The second-order valence-corrected chi connectivity index (χ2v) is 6.02. The lowest BCUT2D eigenvalue weighted by Crippen LogP contribution is -2.37. The van der Waals surface area contributed by atoms with Crippen molar-refractivity contribution in [3.05, 3.63) is 63.1 Å². The minimum absolute atomic E-state index is 0.130. The molecule has 1 aromatic carbocycles. The number of esters is 1. The summed E-state index contributed by atoms with van der Waals surface area (Å²) in [6.45, 7) is 0.423.